The van der Waals surface area contributed by atoms with Gasteiger partial charge in [0, 0.05) is 6.04 Å². The number of hydrazine groups is 1. The lowest BCUT2D eigenvalue weighted by Crippen LogP contribution is -2.41. The minimum Gasteiger partial charge on any atom is -0.271 e. The van der Waals surface area contributed by atoms with Crippen LogP contribution in [0, 0.1) is 5.92 Å². The summed E-state index contributed by atoms with van der Waals surface area (Å²) in [6.45, 7) is 4.53. The second-order valence-electron chi connectivity index (χ2n) is 4.75. The first-order chi connectivity index (χ1) is 8.31. The van der Waals surface area contributed by atoms with Gasteiger partial charge in [-0.05, 0) is 47.6 Å². The van der Waals surface area contributed by atoms with Crippen molar-refractivity contribution in [2.75, 3.05) is 0 Å². The Bertz CT molecular complexity index is 272. The predicted molar refractivity (Wildman–Crippen MR) is 77.1 cm³/mol. The largest absolute Gasteiger partial charge is 0.271 e. The molecule has 1 heterocycles. The average Bonchev–Trinajstić information content (AvgIpc) is 2.86. The molecule has 3 N–H and O–H groups in total. The molecule has 17 heavy (non-hydrogen) atoms. The van der Waals surface area contributed by atoms with Gasteiger partial charge in [0.05, 0.1) is 0 Å². The molecule has 0 saturated heterocycles. The Morgan fingerprint density at radius 2 is 2.18 bits per heavy atom. The molecule has 98 valence electrons. The lowest BCUT2D eigenvalue weighted by Gasteiger charge is -2.25. The van der Waals surface area contributed by atoms with Gasteiger partial charge in [-0.3, -0.25) is 11.3 Å². The number of aryl methyl sites for hydroxylation is 1. The van der Waals surface area contributed by atoms with Crippen LogP contribution in [0.1, 0.15) is 51.5 Å². The van der Waals surface area contributed by atoms with Crippen molar-refractivity contribution in [3.05, 3.63) is 22.4 Å². The summed E-state index contributed by atoms with van der Waals surface area (Å²) in [7, 11) is 0. The van der Waals surface area contributed by atoms with Crippen LogP contribution in [0.15, 0.2) is 16.8 Å². The fraction of sp³-hybridized carbons (Fsp3) is 0.714. The molecular weight excluding hydrogens is 228 g/mol. The van der Waals surface area contributed by atoms with Crippen LogP contribution in [0.3, 0.4) is 0 Å². The molecule has 0 radical (unpaired) electrons. The first-order valence-corrected chi connectivity index (χ1v) is 7.73. The SMILES string of the molecule is CCCCC(CC)C(CCc1ccsc1)NN. The monoisotopic (exact) mass is 254 g/mol. The van der Waals surface area contributed by atoms with Gasteiger partial charge in [-0.25, -0.2) is 0 Å². The van der Waals surface area contributed by atoms with Gasteiger partial charge in [-0.2, -0.15) is 11.3 Å². The molecule has 2 nitrogen and oxygen atoms in total. The number of rotatable bonds is 9. The predicted octanol–water partition coefficient (Wildman–Crippen LogP) is 3.73. The van der Waals surface area contributed by atoms with Gasteiger partial charge in [0.25, 0.3) is 0 Å². The summed E-state index contributed by atoms with van der Waals surface area (Å²) < 4.78 is 0. The minimum absolute atomic E-state index is 0.464. The summed E-state index contributed by atoms with van der Waals surface area (Å²) >= 11 is 1.78. The highest BCUT2D eigenvalue weighted by atomic mass is 32.1. The maximum atomic E-state index is 5.71. The molecule has 1 rings (SSSR count). The van der Waals surface area contributed by atoms with Crippen LogP contribution in [0.25, 0.3) is 0 Å². The van der Waals surface area contributed by atoms with E-state index in [0.717, 1.165) is 18.8 Å². The third-order valence-electron chi connectivity index (χ3n) is 3.56. The van der Waals surface area contributed by atoms with Crippen molar-refractivity contribution in [3.63, 3.8) is 0 Å². The maximum absolute atomic E-state index is 5.71. The first kappa shape index (κ1) is 14.7. The van der Waals surface area contributed by atoms with Crippen LogP contribution in [0.5, 0.6) is 0 Å². The number of thiophene rings is 1. The molecule has 0 saturated carbocycles. The summed E-state index contributed by atoms with van der Waals surface area (Å²) in [5.41, 5.74) is 4.47. The molecule has 0 spiro atoms. The molecule has 0 aromatic carbocycles. The zero-order chi connectivity index (χ0) is 12.5. The van der Waals surface area contributed by atoms with Crippen LogP contribution in [-0.2, 0) is 6.42 Å². The molecule has 0 aliphatic rings. The van der Waals surface area contributed by atoms with Gasteiger partial charge < -0.3 is 0 Å². The molecule has 2 atom stereocenters. The van der Waals surface area contributed by atoms with Crippen molar-refractivity contribution in [1.82, 2.24) is 5.43 Å². The normalized spacial score (nSPS) is 14.8. The average molecular weight is 254 g/mol. The Hall–Kier alpha value is -0.380. The van der Waals surface area contributed by atoms with Crippen LogP contribution < -0.4 is 11.3 Å². The van der Waals surface area contributed by atoms with Gasteiger partial charge in [0.1, 0.15) is 0 Å². The van der Waals surface area contributed by atoms with E-state index in [9.17, 15) is 0 Å². The quantitative estimate of drug-likeness (QED) is 0.520. The molecular formula is C14H26N2S. The van der Waals surface area contributed by atoms with Crippen LogP contribution in [-0.4, -0.2) is 6.04 Å². The number of hydrogen-bond acceptors (Lipinski definition) is 3. The smallest absolute Gasteiger partial charge is 0.0241 e. The van der Waals surface area contributed by atoms with Crippen LogP contribution in [0.2, 0.25) is 0 Å². The highest BCUT2D eigenvalue weighted by molar-refractivity contribution is 7.07. The standard InChI is InChI=1S/C14H26N2S/c1-3-5-6-13(4-2)14(16-15)8-7-12-9-10-17-11-12/h9-11,13-14,16H,3-8,15H2,1-2H3. The molecule has 0 aliphatic carbocycles. The number of unbranched alkanes of at least 4 members (excludes halogenated alkanes) is 1. The number of nitrogens with two attached hydrogens (primary N) is 1. The van der Waals surface area contributed by atoms with Crippen molar-refractivity contribution in [3.8, 4) is 0 Å². The number of hydrogen-bond donors (Lipinski definition) is 2. The van der Waals surface area contributed by atoms with E-state index in [2.05, 4.69) is 36.1 Å². The van der Waals surface area contributed by atoms with Crippen molar-refractivity contribution in [1.29, 1.82) is 0 Å². The maximum Gasteiger partial charge on any atom is 0.0241 e. The molecule has 3 heteroatoms. The summed E-state index contributed by atoms with van der Waals surface area (Å²) in [6, 6.07) is 2.68. The molecule has 0 amide bonds. The van der Waals surface area contributed by atoms with E-state index in [1.807, 2.05) is 0 Å². The summed E-state index contributed by atoms with van der Waals surface area (Å²) in [5, 5.41) is 4.38. The number of nitrogens with one attached hydrogen (secondary N) is 1. The molecule has 0 bridgehead atoms. The van der Waals surface area contributed by atoms with E-state index in [4.69, 9.17) is 5.84 Å². The van der Waals surface area contributed by atoms with Crippen LogP contribution in [0.4, 0.5) is 0 Å². The van der Waals surface area contributed by atoms with E-state index in [1.54, 1.807) is 11.3 Å². The van der Waals surface area contributed by atoms with E-state index in [-0.39, 0.29) is 0 Å². The van der Waals surface area contributed by atoms with Crippen molar-refractivity contribution >= 4 is 11.3 Å². The highest BCUT2D eigenvalue weighted by Gasteiger charge is 2.18. The van der Waals surface area contributed by atoms with Crippen molar-refractivity contribution < 1.29 is 0 Å². The summed E-state index contributed by atoms with van der Waals surface area (Å²) in [6.07, 6.45) is 7.40. The van der Waals surface area contributed by atoms with Crippen molar-refractivity contribution in [2.45, 2.75) is 58.4 Å². The van der Waals surface area contributed by atoms with E-state index >= 15 is 0 Å². The summed E-state index contributed by atoms with van der Waals surface area (Å²) in [4.78, 5) is 0. The third-order valence-corrected chi connectivity index (χ3v) is 4.29. The zero-order valence-electron chi connectivity index (χ0n) is 11.1. The Balaban J connectivity index is 2.39. The molecule has 1 aromatic heterocycles. The van der Waals surface area contributed by atoms with Gasteiger partial charge in [0.15, 0.2) is 0 Å². The van der Waals surface area contributed by atoms with Gasteiger partial charge in [-0.15, -0.1) is 0 Å². The Morgan fingerprint density at radius 1 is 1.35 bits per heavy atom. The second kappa shape index (κ2) is 8.67. The Labute approximate surface area is 110 Å². The topological polar surface area (TPSA) is 38.0 Å². The second-order valence-corrected chi connectivity index (χ2v) is 5.53. The van der Waals surface area contributed by atoms with Crippen molar-refractivity contribution in [2.24, 2.45) is 11.8 Å². The Morgan fingerprint density at radius 3 is 2.71 bits per heavy atom. The lowest BCUT2D eigenvalue weighted by atomic mass is 9.88. The fourth-order valence-electron chi connectivity index (χ4n) is 2.37. The third kappa shape index (κ3) is 5.19. The molecule has 2 unspecified atom stereocenters. The fourth-order valence-corrected chi connectivity index (χ4v) is 3.07. The van der Waals surface area contributed by atoms with E-state index < -0.39 is 0 Å². The zero-order valence-corrected chi connectivity index (χ0v) is 11.9. The van der Waals surface area contributed by atoms with Gasteiger partial charge in [-0.1, -0.05) is 33.1 Å². The van der Waals surface area contributed by atoms with E-state index in [0.29, 0.717) is 6.04 Å². The Kier molecular flexibility index (Phi) is 7.49. The van der Waals surface area contributed by atoms with Crippen LogP contribution >= 0.6 is 11.3 Å². The minimum atomic E-state index is 0.464. The van der Waals surface area contributed by atoms with E-state index in [1.165, 1.54) is 31.2 Å². The molecule has 0 fully saturated rings. The molecule has 1 aromatic rings. The first-order valence-electron chi connectivity index (χ1n) is 6.79. The molecule has 0 aliphatic heterocycles. The lowest BCUT2D eigenvalue weighted by molar-refractivity contribution is 0.306. The summed E-state index contributed by atoms with van der Waals surface area (Å²) in [5.74, 6) is 6.43. The van der Waals surface area contributed by atoms with Gasteiger partial charge in [0.2, 0.25) is 0 Å². The highest BCUT2D eigenvalue weighted by Crippen LogP contribution is 2.20. The van der Waals surface area contributed by atoms with Gasteiger partial charge >= 0.3 is 0 Å².